The zero-order valence-corrected chi connectivity index (χ0v) is 10.4. The third-order valence-corrected chi connectivity index (χ3v) is 4.04. The summed E-state index contributed by atoms with van der Waals surface area (Å²) in [5.41, 5.74) is 0. The molecule has 3 heteroatoms. The predicted octanol–water partition coefficient (Wildman–Crippen LogP) is 1.92. The lowest BCUT2D eigenvalue weighted by Gasteiger charge is -2.30. The summed E-state index contributed by atoms with van der Waals surface area (Å²) in [5.74, 6) is 0.371. The molecule has 92 valence electrons. The number of hydrogen-bond donors (Lipinski definition) is 1. The van der Waals surface area contributed by atoms with Gasteiger partial charge in [-0.25, -0.2) is 0 Å². The van der Waals surface area contributed by atoms with Crippen molar-refractivity contribution in [3.63, 3.8) is 0 Å². The predicted molar refractivity (Wildman–Crippen MR) is 65.3 cm³/mol. The first-order valence-corrected chi connectivity index (χ1v) is 6.84. The van der Waals surface area contributed by atoms with Gasteiger partial charge in [0.15, 0.2) is 0 Å². The van der Waals surface area contributed by atoms with Gasteiger partial charge in [-0.1, -0.05) is 13.3 Å². The first-order valence-electron chi connectivity index (χ1n) is 6.84. The molecule has 1 unspecified atom stereocenters. The lowest BCUT2D eigenvalue weighted by Crippen LogP contribution is -2.41. The number of nitrogens with one attached hydrogen (secondary N) is 1. The van der Waals surface area contributed by atoms with Crippen molar-refractivity contribution in [2.24, 2.45) is 0 Å². The van der Waals surface area contributed by atoms with E-state index < -0.39 is 0 Å². The van der Waals surface area contributed by atoms with Gasteiger partial charge < -0.3 is 10.2 Å². The molecular formula is C13H24N2O. The largest absolute Gasteiger partial charge is 0.340 e. The van der Waals surface area contributed by atoms with Crippen molar-refractivity contribution < 1.29 is 4.79 Å². The van der Waals surface area contributed by atoms with Crippen molar-refractivity contribution in [1.29, 1.82) is 0 Å². The first kappa shape index (κ1) is 11.9. The third kappa shape index (κ3) is 2.76. The molecule has 1 saturated carbocycles. The second-order valence-electron chi connectivity index (χ2n) is 5.12. The summed E-state index contributed by atoms with van der Waals surface area (Å²) in [6, 6.07) is 1.24. The molecule has 1 aliphatic carbocycles. The van der Waals surface area contributed by atoms with Crippen molar-refractivity contribution in [2.75, 3.05) is 13.1 Å². The number of likely N-dealkylation sites (tertiary alicyclic amines) is 1. The molecule has 0 bridgehead atoms. The molecule has 0 spiro atoms. The fourth-order valence-electron chi connectivity index (χ4n) is 2.70. The van der Waals surface area contributed by atoms with Crippen LogP contribution in [0.5, 0.6) is 0 Å². The summed E-state index contributed by atoms with van der Waals surface area (Å²) >= 11 is 0. The smallest absolute Gasteiger partial charge is 0.222 e. The van der Waals surface area contributed by atoms with E-state index in [4.69, 9.17) is 0 Å². The lowest BCUT2D eigenvalue weighted by atomic mass is 9.93. The zero-order valence-electron chi connectivity index (χ0n) is 10.4. The van der Waals surface area contributed by atoms with Crippen LogP contribution in [0.3, 0.4) is 0 Å². The van der Waals surface area contributed by atoms with Crippen LogP contribution in [0.25, 0.3) is 0 Å². The standard InChI is InChI=1S/C13H24N2O/c1-2-12(15-10-4-7-13(15)16)8-9-14-11-5-3-6-11/h11-12,14H,2-10H2,1H3. The van der Waals surface area contributed by atoms with Crippen molar-refractivity contribution in [3.05, 3.63) is 0 Å². The SMILES string of the molecule is CCC(CCNC1CCC1)N1CCCC1=O. The summed E-state index contributed by atoms with van der Waals surface area (Å²) in [6.45, 7) is 4.26. The molecule has 1 amide bonds. The third-order valence-electron chi connectivity index (χ3n) is 4.04. The molecule has 1 heterocycles. The molecule has 3 nitrogen and oxygen atoms in total. The van der Waals surface area contributed by atoms with Gasteiger partial charge in [-0.15, -0.1) is 0 Å². The van der Waals surface area contributed by atoms with E-state index >= 15 is 0 Å². The molecule has 0 aromatic rings. The van der Waals surface area contributed by atoms with Crippen LogP contribution in [0.4, 0.5) is 0 Å². The Morgan fingerprint density at radius 2 is 2.25 bits per heavy atom. The van der Waals surface area contributed by atoms with Gasteiger partial charge in [-0.3, -0.25) is 4.79 Å². The van der Waals surface area contributed by atoms with E-state index in [1.807, 2.05) is 0 Å². The van der Waals surface area contributed by atoms with E-state index in [2.05, 4.69) is 17.1 Å². The second-order valence-corrected chi connectivity index (χ2v) is 5.12. The second kappa shape index (κ2) is 5.67. The zero-order chi connectivity index (χ0) is 11.4. The molecule has 0 aromatic heterocycles. The minimum absolute atomic E-state index is 0.371. The van der Waals surface area contributed by atoms with Crippen molar-refractivity contribution >= 4 is 5.91 Å². The van der Waals surface area contributed by atoms with Crippen LogP contribution in [0, 0.1) is 0 Å². The van der Waals surface area contributed by atoms with Gasteiger partial charge in [-0.2, -0.15) is 0 Å². The highest BCUT2D eigenvalue weighted by Crippen LogP contribution is 2.20. The van der Waals surface area contributed by atoms with E-state index in [0.717, 1.165) is 44.8 Å². The number of amides is 1. The first-order chi connectivity index (χ1) is 7.81. The lowest BCUT2D eigenvalue weighted by molar-refractivity contribution is -0.129. The van der Waals surface area contributed by atoms with Crippen LogP contribution in [0.15, 0.2) is 0 Å². The molecule has 1 N–H and O–H groups in total. The molecule has 0 aromatic carbocycles. The summed E-state index contributed by atoms with van der Waals surface area (Å²) in [4.78, 5) is 13.7. The summed E-state index contributed by atoms with van der Waals surface area (Å²) in [5, 5.41) is 3.58. The molecule has 2 aliphatic rings. The summed E-state index contributed by atoms with van der Waals surface area (Å²) in [7, 11) is 0. The van der Waals surface area contributed by atoms with Crippen LogP contribution in [0.2, 0.25) is 0 Å². The molecule has 2 rings (SSSR count). The number of hydrogen-bond acceptors (Lipinski definition) is 2. The van der Waals surface area contributed by atoms with Crippen LogP contribution < -0.4 is 5.32 Å². The maximum Gasteiger partial charge on any atom is 0.222 e. The Bertz CT molecular complexity index is 238. The molecule has 16 heavy (non-hydrogen) atoms. The monoisotopic (exact) mass is 224 g/mol. The maximum atomic E-state index is 11.6. The van der Waals surface area contributed by atoms with Crippen LogP contribution in [-0.4, -0.2) is 36.0 Å². The number of nitrogens with zero attached hydrogens (tertiary/aromatic N) is 1. The van der Waals surface area contributed by atoms with Gasteiger partial charge >= 0.3 is 0 Å². The molecule has 2 fully saturated rings. The van der Waals surface area contributed by atoms with Gasteiger partial charge in [0, 0.05) is 25.0 Å². The van der Waals surface area contributed by atoms with E-state index in [-0.39, 0.29) is 0 Å². The fraction of sp³-hybridized carbons (Fsp3) is 0.923. The fourth-order valence-corrected chi connectivity index (χ4v) is 2.70. The van der Waals surface area contributed by atoms with Gasteiger partial charge in [-0.05, 0) is 38.6 Å². The van der Waals surface area contributed by atoms with Gasteiger partial charge in [0.25, 0.3) is 0 Å². The molecular weight excluding hydrogens is 200 g/mol. The quantitative estimate of drug-likeness (QED) is 0.747. The van der Waals surface area contributed by atoms with E-state index in [9.17, 15) is 4.79 Å². The van der Waals surface area contributed by atoms with E-state index in [1.54, 1.807) is 0 Å². The Morgan fingerprint density at radius 3 is 2.75 bits per heavy atom. The Labute approximate surface area is 98.6 Å². The molecule has 1 aliphatic heterocycles. The number of carbonyl (C=O) groups is 1. The van der Waals surface area contributed by atoms with Crippen molar-refractivity contribution in [3.8, 4) is 0 Å². The highest BCUT2D eigenvalue weighted by Gasteiger charge is 2.26. The minimum atomic E-state index is 0.371. The van der Waals surface area contributed by atoms with Crippen LogP contribution >= 0.6 is 0 Å². The highest BCUT2D eigenvalue weighted by atomic mass is 16.2. The topological polar surface area (TPSA) is 32.3 Å². The Balaban J connectivity index is 1.69. The van der Waals surface area contributed by atoms with Crippen molar-refractivity contribution in [2.45, 2.75) is 64.0 Å². The average Bonchev–Trinajstić information content (AvgIpc) is 2.62. The Morgan fingerprint density at radius 1 is 1.44 bits per heavy atom. The van der Waals surface area contributed by atoms with E-state index in [0.29, 0.717) is 11.9 Å². The number of rotatable bonds is 6. The Kier molecular flexibility index (Phi) is 4.22. The minimum Gasteiger partial charge on any atom is -0.340 e. The van der Waals surface area contributed by atoms with Gasteiger partial charge in [0.05, 0.1) is 0 Å². The van der Waals surface area contributed by atoms with Crippen molar-refractivity contribution in [1.82, 2.24) is 10.2 Å². The number of carbonyl (C=O) groups excluding carboxylic acids is 1. The highest BCUT2D eigenvalue weighted by molar-refractivity contribution is 5.78. The average molecular weight is 224 g/mol. The van der Waals surface area contributed by atoms with Crippen LogP contribution in [0.1, 0.15) is 51.9 Å². The normalized spacial score (nSPS) is 23.6. The molecule has 0 radical (unpaired) electrons. The maximum absolute atomic E-state index is 11.6. The summed E-state index contributed by atoms with van der Waals surface area (Å²) < 4.78 is 0. The van der Waals surface area contributed by atoms with Crippen LogP contribution in [-0.2, 0) is 4.79 Å². The van der Waals surface area contributed by atoms with E-state index in [1.165, 1.54) is 19.3 Å². The van der Waals surface area contributed by atoms with Gasteiger partial charge in [0.2, 0.25) is 5.91 Å². The summed E-state index contributed by atoms with van der Waals surface area (Å²) in [6.07, 6.45) is 8.13. The Hall–Kier alpha value is -0.570. The molecule has 1 saturated heterocycles. The molecule has 1 atom stereocenters. The van der Waals surface area contributed by atoms with Gasteiger partial charge in [0.1, 0.15) is 0 Å².